The van der Waals surface area contributed by atoms with E-state index in [-0.39, 0.29) is 53.0 Å². The zero-order chi connectivity index (χ0) is 26.2. The average molecular weight is 500 g/mol. The Bertz CT molecular complexity index is 1130. The van der Waals surface area contributed by atoms with Gasteiger partial charge in [-0.25, -0.2) is 4.79 Å². The van der Waals surface area contributed by atoms with Gasteiger partial charge in [-0.3, -0.25) is 19.7 Å². The third kappa shape index (κ3) is 4.14. The van der Waals surface area contributed by atoms with E-state index >= 15 is 0 Å². The molecule has 1 unspecified atom stereocenters. The lowest BCUT2D eigenvalue weighted by Gasteiger charge is -2.28. The molecule has 2 saturated carbocycles. The number of carbonyl (C=O) groups excluding carboxylic acids is 3. The minimum absolute atomic E-state index is 0.0508. The second-order valence-corrected chi connectivity index (χ2v) is 11.8. The molecule has 1 aromatic carbocycles. The Labute approximate surface area is 209 Å². The first-order valence-electron chi connectivity index (χ1n) is 12.3. The van der Waals surface area contributed by atoms with Crippen LogP contribution in [0.4, 0.5) is 16.2 Å². The molecule has 0 bridgehead atoms. The van der Waals surface area contributed by atoms with Gasteiger partial charge in [0.25, 0.3) is 11.6 Å². The number of carbonyl (C=O) groups is 3. The maximum absolute atomic E-state index is 13.4. The Balaban J connectivity index is 1.18. The lowest BCUT2D eigenvalue weighted by Crippen LogP contribution is -2.44. The highest BCUT2D eigenvalue weighted by Crippen LogP contribution is 2.60. The predicted molar refractivity (Wildman–Crippen MR) is 131 cm³/mol. The van der Waals surface area contributed by atoms with Gasteiger partial charge in [0.15, 0.2) is 0 Å². The van der Waals surface area contributed by atoms with Crippen LogP contribution in [0.15, 0.2) is 18.2 Å². The molecule has 5 rings (SSSR count). The van der Waals surface area contributed by atoms with Crippen molar-refractivity contribution in [2.24, 2.45) is 23.2 Å². The number of nitro benzene ring substituents is 1. The van der Waals surface area contributed by atoms with Crippen LogP contribution in [0.3, 0.4) is 0 Å². The number of likely N-dealkylation sites (tertiary alicyclic amines) is 2. The molecule has 11 heteroatoms. The molecular formula is C25H33N5O6. The number of anilines is 1. The first kappa shape index (κ1) is 24.3. The summed E-state index contributed by atoms with van der Waals surface area (Å²) >= 11 is 0. The molecule has 2 aliphatic carbocycles. The molecule has 4 fully saturated rings. The fourth-order valence-electron chi connectivity index (χ4n) is 5.94. The summed E-state index contributed by atoms with van der Waals surface area (Å²) in [5, 5.41) is 14.2. The molecule has 2 aliphatic heterocycles. The minimum Gasteiger partial charge on any atom is -0.444 e. The molecule has 36 heavy (non-hydrogen) atoms. The number of ether oxygens (including phenoxy) is 1. The van der Waals surface area contributed by atoms with Crippen molar-refractivity contribution >= 4 is 29.3 Å². The van der Waals surface area contributed by atoms with Gasteiger partial charge in [0.2, 0.25) is 5.91 Å². The zero-order valence-corrected chi connectivity index (χ0v) is 21.3. The number of nitrogens with zero attached hydrogens (tertiary/aromatic N) is 4. The Morgan fingerprint density at radius 1 is 1.14 bits per heavy atom. The number of piperidine rings is 2. The minimum atomic E-state index is -0.575. The molecule has 0 spiro atoms. The van der Waals surface area contributed by atoms with E-state index in [1.807, 2.05) is 25.7 Å². The van der Waals surface area contributed by atoms with Crippen LogP contribution in [0.1, 0.15) is 37.6 Å². The van der Waals surface area contributed by atoms with Crippen molar-refractivity contribution in [3.05, 3.63) is 33.9 Å². The third-order valence-electron chi connectivity index (χ3n) is 7.92. The van der Waals surface area contributed by atoms with Gasteiger partial charge in [0.05, 0.1) is 15.9 Å². The Kier molecular flexibility index (Phi) is 5.46. The SMILES string of the molecule is CN(C)c1ccc([N+](=O)[O-])cc1C(=O)NC1[C@H]2CN(C(=O)[C@@]34C[C@@H]3CN(C(=O)OC(C)(C)C)C4)C[C@@H]12. The number of fused-ring (bicyclic) bond motifs is 2. The maximum atomic E-state index is 13.4. The first-order chi connectivity index (χ1) is 16.8. The van der Waals surface area contributed by atoms with Gasteiger partial charge in [-0.1, -0.05) is 0 Å². The molecule has 1 N–H and O–H groups in total. The Hall–Kier alpha value is -3.37. The molecular weight excluding hydrogens is 466 g/mol. The van der Waals surface area contributed by atoms with E-state index in [0.29, 0.717) is 31.9 Å². The van der Waals surface area contributed by atoms with Crippen LogP contribution in [-0.2, 0) is 9.53 Å². The van der Waals surface area contributed by atoms with E-state index in [2.05, 4.69) is 5.32 Å². The zero-order valence-electron chi connectivity index (χ0n) is 21.3. The van der Waals surface area contributed by atoms with Gasteiger partial charge in [-0.15, -0.1) is 0 Å². The van der Waals surface area contributed by atoms with Gasteiger partial charge < -0.3 is 24.8 Å². The van der Waals surface area contributed by atoms with Crippen LogP contribution in [-0.4, -0.2) is 84.5 Å². The van der Waals surface area contributed by atoms with Crippen LogP contribution in [0, 0.1) is 33.3 Å². The molecule has 11 nitrogen and oxygen atoms in total. The van der Waals surface area contributed by atoms with Crippen molar-refractivity contribution in [3.63, 3.8) is 0 Å². The number of hydrogen-bond donors (Lipinski definition) is 1. The molecule has 3 amide bonds. The Morgan fingerprint density at radius 2 is 1.81 bits per heavy atom. The second-order valence-electron chi connectivity index (χ2n) is 11.8. The fraction of sp³-hybridized carbons (Fsp3) is 0.640. The quantitative estimate of drug-likeness (QED) is 0.486. The molecule has 2 saturated heterocycles. The van der Waals surface area contributed by atoms with Crippen molar-refractivity contribution in [2.45, 2.75) is 38.8 Å². The summed E-state index contributed by atoms with van der Waals surface area (Å²) in [7, 11) is 3.57. The lowest BCUT2D eigenvalue weighted by atomic mass is 10.0. The van der Waals surface area contributed by atoms with Crippen LogP contribution >= 0.6 is 0 Å². The average Bonchev–Trinajstić information content (AvgIpc) is 3.51. The van der Waals surface area contributed by atoms with E-state index in [9.17, 15) is 24.5 Å². The number of amides is 3. The van der Waals surface area contributed by atoms with Crippen LogP contribution in [0.5, 0.6) is 0 Å². The molecule has 0 aromatic heterocycles. The highest BCUT2D eigenvalue weighted by Gasteiger charge is 2.69. The number of rotatable bonds is 5. The molecule has 1 aromatic rings. The summed E-state index contributed by atoms with van der Waals surface area (Å²) in [6, 6.07) is 4.22. The van der Waals surface area contributed by atoms with Gasteiger partial charge >= 0.3 is 6.09 Å². The maximum Gasteiger partial charge on any atom is 0.410 e. The monoisotopic (exact) mass is 499 g/mol. The molecule has 2 heterocycles. The largest absolute Gasteiger partial charge is 0.444 e. The van der Waals surface area contributed by atoms with Gasteiger partial charge in [-0.05, 0) is 39.2 Å². The number of benzene rings is 1. The second kappa shape index (κ2) is 8.07. The summed E-state index contributed by atoms with van der Waals surface area (Å²) in [5.74, 6) is 0.296. The molecule has 4 aliphatic rings. The van der Waals surface area contributed by atoms with Crippen molar-refractivity contribution in [1.29, 1.82) is 0 Å². The van der Waals surface area contributed by atoms with Crippen LogP contribution in [0.25, 0.3) is 0 Å². The smallest absolute Gasteiger partial charge is 0.410 e. The number of nitro groups is 1. The molecule has 5 atom stereocenters. The highest BCUT2D eigenvalue weighted by atomic mass is 16.6. The summed E-state index contributed by atoms with van der Waals surface area (Å²) in [4.78, 5) is 54.8. The van der Waals surface area contributed by atoms with E-state index in [1.165, 1.54) is 12.1 Å². The van der Waals surface area contributed by atoms with E-state index in [1.54, 1.807) is 30.0 Å². The lowest BCUT2D eigenvalue weighted by molar-refractivity contribution is -0.384. The number of nitrogens with one attached hydrogen (secondary N) is 1. The van der Waals surface area contributed by atoms with Crippen molar-refractivity contribution < 1.29 is 24.0 Å². The van der Waals surface area contributed by atoms with Gasteiger partial charge in [0, 0.05) is 76.0 Å². The standard InChI is InChI=1S/C25H33N5O6/c1-24(2,3)36-23(33)29-10-14-9-25(14,13-29)22(32)28-11-17-18(12-28)20(17)26-21(31)16-8-15(30(34)35)6-7-19(16)27(4)5/h6-8,14,17-18,20H,9-13H2,1-5H3,(H,26,31)/t14-,17-,18+,20?,25-/m1/s1. The Morgan fingerprint density at radius 3 is 2.39 bits per heavy atom. The van der Waals surface area contributed by atoms with Crippen molar-refractivity contribution in [1.82, 2.24) is 15.1 Å². The fourth-order valence-corrected chi connectivity index (χ4v) is 5.94. The topological polar surface area (TPSA) is 125 Å². The summed E-state index contributed by atoms with van der Waals surface area (Å²) in [6.45, 7) is 7.59. The number of non-ortho nitro benzene ring substituents is 1. The van der Waals surface area contributed by atoms with Gasteiger partial charge in [-0.2, -0.15) is 0 Å². The van der Waals surface area contributed by atoms with Crippen molar-refractivity contribution in [2.75, 3.05) is 45.2 Å². The molecule has 194 valence electrons. The number of hydrogen-bond acceptors (Lipinski definition) is 7. The predicted octanol–water partition coefficient (Wildman–Crippen LogP) is 2.10. The highest BCUT2D eigenvalue weighted by molar-refractivity contribution is 6.01. The van der Waals surface area contributed by atoms with Gasteiger partial charge in [0.1, 0.15) is 5.60 Å². The third-order valence-corrected chi connectivity index (χ3v) is 7.92. The summed E-state index contributed by atoms with van der Waals surface area (Å²) in [6.07, 6.45) is 0.434. The summed E-state index contributed by atoms with van der Waals surface area (Å²) in [5.41, 5.74) is -0.325. The van der Waals surface area contributed by atoms with Crippen LogP contribution < -0.4 is 10.2 Å². The van der Waals surface area contributed by atoms with E-state index < -0.39 is 15.9 Å². The molecule has 0 radical (unpaired) electrons. The summed E-state index contributed by atoms with van der Waals surface area (Å²) < 4.78 is 5.48. The van der Waals surface area contributed by atoms with E-state index in [0.717, 1.165) is 6.42 Å². The van der Waals surface area contributed by atoms with Crippen molar-refractivity contribution in [3.8, 4) is 0 Å². The van der Waals surface area contributed by atoms with Crippen LogP contribution in [0.2, 0.25) is 0 Å². The first-order valence-corrected chi connectivity index (χ1v) is 12.3. The normalized spacial score (nSPS) is 29.8. The van der Waals surface area contributed by atoms with E-state index in [4.69, 9.17) is 4.74 Å².